The maximum atomic E-state index is 8.89. The van der Waals surface area contributed by atoms with Gasteiger partial charge >= 0.3 is 0 Å². The number of nitrogens with zero attached hydrogens (tertiary/aromatic N) is 1. The molecule has 1 aromatic rings. The molecule has 1 rings (SSSR count). The molecule has 0 aliphatic carbocycles. The highest BCUT2D eigenvalue weighted by Crippen LogP contribution is 1.94. The Balaban J connectivity index is 0.000000487. The Hall–Kier alpha value is -1.38. The van der Waals surface area contributed by atoms with Gasteiger partial charge in [-0.2, -0.15) is 0 Å². The van der Waals surface area contributed by atoms with Crippen molar-refractivity contribution in [1.29, 1.82) is 0 Å². The summed E-state index contributed by atoms with van der Waals surface area (Å²) in [7, 11) is 0. The van der Waals surface area contributed by atoms with E-state index in [1.165, 1.54) is 24.8 Å². The van der Waals surface area contributed by atoms with E-state index < -0.39 is 5.97 Å². The Labute approximate surface area is 97.7 Å². The van der Waals surface area contributed by atoms with Crippen molar-refractivity contribution in [3.8, 4) is 0 Å². The largest absolute Gasteiger partial charge is 0.550 e. The van der Waals surface area contributed by atoms with E-state index >= 15 is 0 Å². The molecule has 0 aliphatic heterocycles. The number of aryl methyl sites for hydroxylation is 2. The van der Waals surface area contributed by atoms with Crippen LogP contribution in [0.2, 0.25) is 0 Å². The summed E-state index contributed by atoms with van der Waals surface area (Å²) in [6.45, 7) is 6.51. The Kier molecular flexibility index (Phi) is 8.12. The van der Waals surface area contributed by atoms with Gasteiger partial charge in [0.15, 0.2) is 12.4 Å². The maximum Gasteiger partial charge on any atom is 0.171 e. The fourth-order valence-corrected chi connectivity index (χ4v) is 1.34. The van der Waals surface area contributed by atoms with Gasteiger partial charge in [0.2, 0.25) is 0 Å². The van der Waals surface area contributed by atoms with Crippen LogP contribution in [0.3, 0.4) is 0 Å². The monoisotopic (exact) mass is 223 g/mol. The van der Waals surface area contributed by atoms with Crippen LogP contribution in [0.4, 0.5) is 0 Å². The zero-order valence-electron chi connectivity index (χ0n) is 10.4. The van der Waals surface area contributed by atoms with Gasteiger partial charge in [0.1, 0.15) is 6.54 Å². The van der Waals surface area contributed by atoms with Crippen molar-refractivity contribution in [3.63, 3.8) is 0 Å². The van der Waals surface area contributed by atoms with Crippen LogP contribution in [-0.2, 0) is 11.3 Å². The first-order valence-corrected chi connectivity index (χ1v) is 5.69. The second-order valence-corrected chi connectivity index (χ2v) is 3.82. The molecule has 3 nitrogen and oxygen atoms in total. The lowest BCUT2D eigenvalue weighted by Gasteiger charge is -1.96. The van der Waals surface area contributed by atoms with Gasteiger partial charge in [-0.1, -0.05) is 13.3 Å². The topological polar surface area (TPSA) is 44.0 Å². The molecule has 0 aromatic carbocycles. The Bertz CT molecular complexity index is 307. The van der Waals surface area contributed by atoms with Crippen LogP contribution in [0.25, 0.3) is 0 Å². The third kappa shape index (κ3) is 9.19. The Morgan fingerprint density at radius 1 is 1.44 bits per heavy atom. The molecule has 0 N–H and O–H groups in total. The van der Waals surface area contributed by atoms with Crippen molar-refractivity contribution in [2.75, 3.05) is 0 Å². The predicted octanol–water partition coefficient (Wildman–Crippen LogP) is 1.23. The standard InChI is InChI=1S/C11H18N.C2H4O2/c1-3-4-5-8-12-9-6-7-11(2)10-12;1-2(3)4/h6-7,9-10H,3-5,8H2,1-2H3;1H3,(H,3,4)/q+1;/p-1. The first-order valence-electron chi connectivity index (χ1n) is 5.69. The predicted molar refractivity (Wildman–Crippen MR) is 61.6 cm³/mol. The summed E-state index contributed by atoms with van der Waals surface area (Å²) in [6, 6.07) is 4.25. The van der Waals surface area contributed by atoms with Crippen LogP contribution >= 0.6 is 0 Å². The molecule has 0 radical (unpaired) electrons. The van der Waals surface area contributed by atoms with Crippen LogP contribution in [0.5, 0.6) is 0 Å². The molecule has 0 atom stereocenters. The number of carbonyl (C=O) groups is 1. The first-order chi connectivity index (χ1) is 7.56. The highest BCUT2D eigenvalue weighted by Gasteiger charge is 1.98. The average molecular weight is 223 g/mol. The summed E-state index contributed by atoms with van der Waals surface area (Å²) < 4.78 is 2.27. The molecule has 0 saturated heterocycles. The number of carboxylic acids is 1. The van der Waals surface area contributed by atoms with Crippen molar-refractivity contribution in [2.24, 2.45) is 0 Å². The molecule has 16 heavy (non-hydrogen) atoms. The van der Waals surface area contributed by atoms with E-state index in [9.17, 15) is 0 Å². The number of carboxylic acid groups (broad SMARTS) is 1. The van der Waals surface area contributed by atoms with Crippen LogP contribution in [0.15, 0.2) is 24.5 Å². The number of aliphatic carboxylic acids is 1. The number of pyridine rings is 1. The van der Waals surface area contributed by atoms with E-state index in [1.54, 1.807) is 0 Å². The quantitative estimate of drug-likeness (QED) is 0.569. The van der Waals surface area contributed by atoms with Crippen LogP contribution in [-0.4, -0.2) is 5.97 Å². The molecule has 0 aliphatic rings. The number of hydrogen-bond donors (Lipinski definition) is 0. The van der Waals surface area contributed by atoms with Crippen LogP contribution in [0, 0.1) is 6.92 Å². The highest BCUT2D eigenvalue weighted by atomic mass is 16.4. The fourth-order valence-electron chi connectivity index (χ4n) is 1.34. The van der Waals surface area contributed by atoms with Crippen LogP contribution in [0.1, 0.15) is 38.7 Å². The van der Waals surface area contributed by atoms with E-state index in [2.05, 4.69) is 42.9 Å². The van der Waals surface area contributed by atoms with Gasteiger partial charge in [-0.3, -0.25) is 0 Å². The van der Waals surface area contributed by atoms with Gasteiger partial charge < -0.3 is 9.90 Å². The maximum absolute atomic E-state index is 8.89. The second kappa shape index (κ2) is 8.89. The summed E-state index contributed by atoms with van der Waals surface area (Å²) in [5.41, 5.74) is 1.34. The molecule has 0 amide bonds. The van der Waals surface area contributed by atoms with Gasteiger partial charge in [0.25, 0.3) is 0 Å². The van der Waals surface area contributed by atoms with E-state index in [4.69, 9.17) is 9.90 Å². The van der Waals surface area contributed by atoms with Gasteiger partial charge in [0.05, 0.1) is 0 Å². The lowest BCUT2D eigenvalue weighted by atomic mass is 10.2. The lowest BCUT2D eigenvalue weighted by molar-refractivity contribution is -0.697. The minimum atomic E-state index is -1.08. The normalized spacial score (nSPS) is 9.19. The number of unbranched alkanes of at least 4 members (excludes halogenated alkanes) is 2. The van der Waals surface area contributed by atoms with Crippen molar-refractivity contribution in [3.05, 3.63) is 30.1 Å². The molecule has 3 heteroatoms. The molecule has 0 bridgehead atoms. The third-order valence-electron chi connectivity index (χ3n) is 2.03. The number of aromatic nitrogens is 1. The zero-order valence-corrected chi connectivity index (χ0v) is 10.4. The number of rotatable bonds is 4. The molecule has 90 valence electrons. The van der Waals surface area contributed by atoms with E-state index in [1.807, 2.05) is 0 Å². The smallest absolute Gasteiger partial charge is 0.171 e. The van der Waals surface area contributed by atoms with Gasteiger partial charge in [-0.05, 0) is 26.3 Å². The van der Waals surface area contributed by atoms with E-state index in [0.29, 0.717) is 0 Å². The molecular formula is C13H21NO2. The summed E-state index contributed by atoms with van der Waals surface area (Å²) in [5, 5.41) is 8.89. The summed E-state index contributed by atoms with van der Waals surface area (Å²) in [6.07, 6.45) is 8.27. The highest BCUT2D eigenvalue weighted by molar-refractivity contribution is 5.60. The molecular weight excluding hydrogens is 202 g/mol. The van der Waals surface area contributed by atoms with Crippen molar-refractivity contribution in [1.82, 2.24) is 0 Å². The number of carbonyl (C=O) groups excluding carboxylic acids is 1. The number of hydrogen-bond acceptors (Lipinski definition) is 2. The first kappa shape index (κ1) is 14.6. The van der Waals surface area contributed by atoms with E-state index in [0.717, 1.165) is 13.5 Å². The van der Waals surface area contributed by atoms with Gasteiger partial charge in [-0.15, -0.1) is 0 Å². The average Bonchev–Trinajstić information content (AvgIpc) is 2.17. The molecule has 0 spiro atoms. The summed E-state index contributed by atoms with van der Waals surface area (Å²) >= 11 is 0. The third-order valence-corrected chi connectivity index (χ3v) is 2.03. The van der Waals surface area contributed by atoms with Gasteiger partial charge in [-0.25, -0.2) is 4.57 Å². The SMILES string of the molecule is CC(=O)[O-].CCCCC[n+]1cccc(C)c1. The second-order valence-electron chi connectivity index (χ2n) is 3.82. The Morgan fingerprint density at radius 3 is 2.56 bits per heavy atom. The molecule has 0 saturated carbocycles. The lowest BCUT2D eigenvalue weighted by Crippen LogP contribution is -2.32. The summed E-state index contributed by atoms with van der Waals surface area (Å²) in [5.74, 6) is -1.08. The zero-order chi connectivity index (χ0) is 12.4. The summed E-state index contributed by atoms with van der Waals surface area (Å²) in [4.78, 5) is 8.89. The van der Waals surface area contributed by atoms with Crippen LogP contribution < -0.4 is 9.67 Å². The molecule has 1 aromatic heterocycles. The van der Waals surface area contributed by atoms with Crippen molar-refractivity contribution in [2.45, 2.75) is 46.6 Å². The molecule has 1 heterocycles. The minimum absolute atomic E-state index is 0.972. The Morgan fingerprint density at radius 2 is 2.06 bits per heavy atom. The van der Waals surface area contributed by atoms with Gasteiger partial charge in [0, 0.05) is 24.0 Å². The molecule has 0 unspecified atom stereocenters. The van der Waals surface area contributed by atoms with Crippen molar-refractivity contribution >= 4 is 5.97 Å². The van der Waals surface area contributed by atoms with Crippen molar-refractivity contribution < 1.29 is 14.5 Å². The van der Waals surface area contributed by atoms with E-state index in [-0.39, 0.29) is 0 Å². The minimum Gasteiger partial charge on any atom is -0.550 e. The fraction of sp³-hybridized carbons (Fsp3) is 0.538. The molecule has 0 fully saturated rings.